The molecule has 18 heavy (non-hydrogen) atoms. The Morgan fingerprint density at radius 1 is 0.611 bits per heavy atom. The summed E-state index contributed by atoms with van der Waals surface area (Å²) in [6.07, 6.45) is 0. The molecular weight excluding hydrogens is 356 g/mol. The standard InChI is InChI=1S/Fe.2H3N.H2O7S2.6H2O/c;;;1-8(2,3)7-9(4,5)6;;;;;;/h;2*1H3;(H,1,2,3)(H,4,5,6);6*1H2/q+2;;;;;;;;;/p-2. The number of rotatable bonds is 2. The second-order valence-electron chi connectivity index (χ2n) is 0.885. The molecule has 18 heteroatoms. The third-order valence-electron chi connectivity index (χ3n) is 0.167. The number of hydrogen-bond donors (Lipinski definition) is 2. The van der Waals surface area contributed by atoms with Crippen LogP contribution in [0.1, 0.15) is 0 Å². The fourth-order valence-corrected chi connectivity index (χ4v) is 0.919. The Bertz CT molecular complexity index is 248. The molecule has 0 rings (SSSR count). The predicted molar refractivity (Wildman–Crippen MR) is 52.2 cm³/mol. The minimum Gasteiger partial charge on any atom is -0.725 e. The van der Waals surface area contributed by atoms with Gasteiger partial charge in [0, 0.05) is 0 Å². The first-order valence-corrected chi connectivity index (χ1v) is 4.00. The smallest absolute Gasteiger partial charge is 0.725 e. The molecule has 0 unspecified atom stereocenters. The van der Waals surface area contributed by atoms with Gasteiger partial charge in [0.2, 0.25) is 20.8 Å². The summed E-state index contributed by atoms with van der Waals surface area (Å²) in [6.45, 7) is 0. The van der Waals surface area contributed by atoms with E-state index >= 15 is 0 Å². The Morgan fingerprint density at radius 3 is 0.722 bits per heavy atom. The monoisotopic (exact) mass is 374 g/mol. The average Bonchev–Trinajstić information content (AvgIpc) is 1.14. The van der Waals surface area contributed by atoms with Gasteiger partial charge in [0.1, 0.15) is 0 Å². The largest absolute Gasteiger partial charge is 2.00 e. The summed E-state index contributed by atoms with van der Waals surface area (Å²) in [4.78, 5) is 0. The van der Waals surface area contributed by atoms with E-state index in [9.17, 15) is 25.9 Å². The first kappa shape index (κ1) is 81.4. The van der Waals surface area contributed by atoms with Crippen LogP contribution in [0.25, 0.3) is 0 Å². The van der Waals surface area contributed by atoms with Crippen LogP contribution in [-0.2, 0) is 41.5 Å². The van der Waals surface area contributed by atoms with Gasteiger partial charge in [0.15, 0.2) is 0 Å². The van der Waals surface area contributed by atoms with Gasteiger partial charge in [0.25, 0.3) is 0 Å². The molecule has 0 fully saturated rings. The van der Waals surface area contributed by atoms with E-state index in [1.54, 1.807) is 0 Å². The molecule has 0 saturated carbocycles. The molecule has 0 aromatic heterocycles. The summed E-state index contributed by atoms with van der Waals surface area (Å²) in [5.74, 6) is 0. The van der Waals surface area contributed by atoms with Crippen LogP contribution in [0.5, 0.6) is 0 Å². The first-order chi connectivity index (χ1) is 3.71. The Labute approximate surface area is 113 Å². The topological polar surface area (TPSA) is 383 Å². The van der Waals surface area contributed by atoms with Crippen LogP contribution in [-0.4, -0.2) is 58.8 Å². The van der Waals surface area contributed by atoms with Crippen molar-refractivity contribution in [1.29, 1.82) is 0 Å². The molecule has 0 saturated heterocycles. The van der Waals surface area contributed by atoms with Gasteiger partial charge in [-0.05, 0) is 0 Å². The Kier molecular flexibility index (Phi) is 116. The van der Waals surface area contributed by atoms with Crippen molar-refractivity contribution < 1.29 is 79.5 Å². The van der Waals surface area contributed by atoms with Gasteiger partial charge in [-0.1, -0.05) is 0 Å². The van der Waals surface area contributed by atoms with Crippen molar-refractivity contribution in [3.8, 4) is 0 Å². The van der Waals surface area contributed by atoms with Gasteiger partial charge in [-0.25, -0.2) is 16.8 Å². The molecule has 126 valence electrons. The maximum absolute atomic E-state index is 9.29. The molecule has 0 heterocycles. The van der Waals surface area contributed by atoms with Crippen molar-refractivity contribution in [3.05, 3.63) is 0 Å². The van der Waals surface area contributed by atoms with E-state index in [2.05, 4.69) is 3.63 Å². The molecule has 0 bridgehead atoms. The molecule has 18 N–H and O–H groups in total. The number of hydrogen-bond acceptors (Lipinski definition) is 9. The van der Waals surface area contributed by atoms with Crippen molar-refractivity contribution in [2.24, 2.45) is 0 Å². The molecule has 0 aliphatic rings. The molecule has 0 aromatic rings. The van der Waals surface area contributed by atoms with E-state index in [0.29, 0.717) is 0 Å². The summed E-state index contributed by atoms with van der Waals surface area (Å²) in [7, 11) is -10.9. The Balaban J connectivity index is -0.00000000889. The van der Waals surface area contributed by atoms with Gasteiger partial charge in [-0.2, -0.15) is 3.63 Å². The predicted octanol–water partition coefficient (Wildman–Crippen LogP) is -6.70. The molecule has 0 atom stereocenters. The second kappa shape index (κ2) is 25.7. The maximum Gasteiger partial charge on any atom is 2.00 e. The Hall–Kier alpha value is -0.0205. The summed E-state index contributed by atoms with van der Waals surface area (Å²) in [5, 5.41) is 0. The van der Waals surface area contributed by atoms with Crippen LogP contribution in [0.4, 0.5) is 0 Å². The third kappa shape index (κ3) is 100. The van der Waals surface area contributed by atoms with Gasteiger partial charge in [0.05, 0.1) is 0 Å². The molecule has 15 nitrogen and oxygen atoms in total. The SMILES string of the molecule is N.N.O.O.O.O.O.O.O=S(=O)([O-])OS(=O)(=O)[O-].[Fe+2]. The fraction of sp³-hybridized carbons (Fsp3) is 0. The van der Waals surface area contributed by atoms with Crippen LogP contribution in [0, 0.1) is 0 Å². The van der Waals surface area contributed by atoms with Gasteiger partial charge in [-0.3, -0.25) is 0 Å². The Morgan fingerprint density at radius 2 is 0.722 bits per heavy atom. The van der Waals surface area contributed by atoms with Crippen LogP contribution in [0.3, 0.4) is 0 Å². The zero-order chi connectivity index (χ0) is 7.71. The van der Waals surface area contributed by atoms with Crippen LogP contribution < -0.4 is 12.3 Å². The maximum atomic E-state index is 9.29. The quantitative estimate of drug-likeness (QED) is 0.263. The summed E-state index contributed by atoms with van der Waals surface area (Å²) >= 11 is 0. The fourth-order valence-electron chi connectivity index (χ4n) is 0.102. The molecule has 0 spiro atoms. The summed E-state index contributed by atoms with van der Waals surface area (Å²) in [6, 6.07) is 0. The van der Waals surface area contributed by atoms with E-state index in [4.69, 9.17) is 0 Å². The van der Waals surface area contributed by atoms with Gasteiger partial charge < -0.3 is 54.3 Å². The molecule has 0 aromatic carbocycles. The van der Waals surface area contributed by atoms with Crippen molar-refractivity contribution in [3.63, 3.8) is 0 Å². The van der Waals surface area contributed by atoms with E-state index in [0.717, 1.165) is 0 Å². The van der Waals surface area contributed by atoms with E-state index in [-0.39, 0.29) is 62.2 Å². The molecular formula is H18FeN2O13S2. The van der Waals surface area contributed by atoms with Crippen molar-refractivity contribution in [2.75, 3.05) is 0 Å². The summed E-state index contributed by atoms with van der Waals surface area (Å²) in [5.41, 5.74) is 0. The summed E-state index contributed by atoms with van der Waals surface area (Å²) < 4.78 is 58.2. The minimum absolute atomic E-state index is 0. The van der Waals surface area contributed by atoms with E-state index < -0.39 is 20.8 Å². The zero-order valence-corrected chi connectivity index (χ0v) is 11.2. The minimum atomic E-state index is -5.43. The van der Waals surface area contributed by atoms with Crippen molar-refractivity contribution >= 4 is 20.8 Å². The van der Waals surface area contributed by atoms with Crippen LogP contribution >= 0.6 is 0 Å². The van der Waals surface area contributed by atoms with Crippen LogP contribution in [0.2, 0.25) is 0 Å². The molecule has 0 amide bonds. The first-order valence-electron chi connectivity index (χ1n) is 1.33. The van der Waals surface area contributed by atoms with Crippen LogP contribution in [0.15, 0.2) is 0 Å². The normalized spacial score (nSPS) is 6.78. The van der Waals surface area contributed by atoms with Gasteiger partial charge in [-0.15, -0.1) is 0 Å². The molecule has 0 aliphatic heterocycles. The van der Waals surface area contributed by atoms with Crippen molar-refractivity contribution in [2.45, 2.75) is 0 Å². The molecule has 0 aliphatic carbocycles. The third-order valence-corrected chi connectivity index (χ3v) is 1.50. The zero-order valence-electron chi connectivity index (χ0n) is 8.44. The molecule has 0 radical (unpaired) electrons. The van der Waals surface area contributed by atoms with Gasteiger partial charge >= 0.3 is 17.1 Å². The van der Waals surface area contributed by atoms with Crippen molar-refractivity contribution in [1.82, 2.24) is 12.3 Å². The van der Waals surface area contributed by atoms with E-state index in [1.165, 1.54) is 0 Å². The average molecular weight is 374 g/mol. The van der Waals surface area contributed by atoms with E-state index in [1.807, 2.05) is 0 Å². The second-order valence-corrected chi connectivity index (χ2v) is 3.06.